The molecule has 2 aliphatic rings. The monoisotopic (exact) mass is 513 g/mol. The first kappa shape index (κ1) is 22.8. The lowest BCUT2D eigenvalue weighted by atomic mass is 9.78. The summed E-state index contributed by atoms with van der Waals surface area (Å²) in [5.74, 6) is 0.387. The van der Waals surface area contributed by atoms with Gasteiger partial charge in [-0.1, -0.05) is 29.3 Å². The van der Waals surface area contributed by atoms with Crippen molar-refractivity contribution < 1.29 is 14.3 Å². The van der Waals surface area contributed by atoms with Crippen LogP contribution in [0.3, 0.4) is 0 Å². The molecule has 2 bridgehead atoms. The molecule has 34 heavy (non-hydrogen) atoms. The first-order chi connectivity index (χ1) is 16.3. The second-order valence-corrected chi connectivity index (χ2v) is 9.54. The van der Waals surface area contributed by atoms with Crippen LogP contribution >= 0.6 is 35.4 Å². The number of hydrogen-bond donors (Lipinski definition) is 2. The Bertz CT molecular complexity index is 1290. The number of benzene rings is 3. The van der Waals surface area contributed by atoms with E-state index in [1.54, 1.807) is 43.5 Å². The second-order valence-electron chi connectivity index (χ2n) is 8.28. The van der Waals surface area contributed by atoms with E-state index in [-0.39, 0.29) is 5.91 Å². The van der Waals surface area contributed by atoms with Crippen molar-refractivity contribution in [2.75, 3.05) is 17.3 Å². The maximum Gasteiger partial charge on any atom is 0.236 e. The van der Waals surface area contributed by atoms with E-state index >= 15 is 0 Å². The highest BCUT2D eigenvalue weighted by Crippen LogP contribution is 2.50. The highest BCUT2D eigenvalue weighted by molar-refractivity contribution is 7.80. The summed E-state index contributed by atoms with van der Waals surface area (Å²) < 4.78 is 12.0. The van der Waals surface area contributed by atoms with Crippen LogP contribution in [0.5, 0.6) is 11.5 Å². The lowest BCUT2D eigenvalue weighted by molar-refractivity contribution is -0.130. The molecule has 0 aliphatic carbocycles. The Hall–Kier alpha value is -3.00. The summed E-state index contributed by atoms with van der Waals surface area (Å²) in [5.41, 5.74) is 0.994. The van der Waals surface area contributed by atoms with Gasteiger partial charge in [0.2, 0.25) is 5.91 Å². The van der Waals surface area contributed by atoms with Crippen LogP contribution in [-0.4, -0.2) is 23.9 Å². The van der Waals surface area contributed by atoms with Gasteiger partial charge in [-0.25, -0.2) is 0 Å². The highest BCUT2D eigenvalue weighted by Gasteiger charge is 2.59. The molecule has 9 heteroatoms. The first-order valence-electron chi connectivity index (χ1n) is 10.6. The van der Waals surface area contributed by atoms with E-state index in [4.69, 9.17) is 44.9 Å². The summed E-state index contributed by atoms with van der Waals surface area (Å²) >= 11 is 18.1. The van der Waals surface area contributed by atoms with Crippen LogP contribution in [-0.2, 0) is 4.79 Å². The van der Waals surface area contributed by atoms with Crippen molar-refractivity contribution in [3.63, 3.8) is 0 Å². The molecule has 0 spiro atoms. The van der Waals surface area contributed by atoms with E-state index in [1.165, 1.54) is 0 Å². The minimum Gasteiger partial charge on any atom is -0.497 e. The number of fused-ring (bicyclic) bond motifs is 4. The van der Waals surface area contributed by atoms with Crippen molar-refractivity contribution in [2.24, 2.45) is 5.92 Å². The molecule has 0 unspecified atom stereocenters. The number of methoxy groups -OCH3 is 1. The molecule has 3 aromatic carbocycles. The number of hydrogen-bond acceptors (Lipinski definition) is 4. The average molecular weight is 514 g/mol. The molecule has 0 radical (unpaired) electrons. The zero-order valence-corrected chi connectivity index (χ0v) is 20.7. The van der Waals surface area contributed by atoms with Crippen LogP contribution in [0.1, 0.15) is 18.5 Å². The number of carbonyl (C=O) groups excluding carboxylic acids is 1. The fourth-order valence-corrected chi connectivity index (χ4v) is 5.37. The minimum absolute atomic E-state index is 0.231. The summed E-state index contributed by atoms with van der Waals surface area (Å²) in [4.78, 5) is 15.6. The van der Waals surface area contributed by atoms with Gasteiger partial charge in [-0.15, -0.1) is 0 Å². The quantitative estimate of drug-likeness (QED) is 0.429. The lowest BCUT2D eigenvalue weighted by Crippen LogP contribution is -2.72. The van der Waals surface area contributed by atoms with Gasteiger partial charge < -0.3 is 20.1 Å². The molecular formula is C25H21Cl2N3O3S. The SMILES string of the molecule is COc1ccc2c(c1)[C@H]1NC(=S)N(c3cccc(Cl)c3)[C@@](C)(O2)[C@H]1C(=O)Nc1ccc(Cl)cc1. The number of halogens is 2. The van der Waals surface area contributed by atoms with Crippen molar-refractivity contribution in [1.82, 2.24) is 5.32 Å². The van der Waals surface area contributed by atoms with Gasteiger partial charge in [-0.05, 0) is 79.8 Å². The van der Waals surface area contributed by atoms with Crippen LogP contribution in [0, 0.1) is 5.92 Å². The average Bonchev–Trinajstić information content (AvgIpc) is 2.80. The third kappa shape index (κ3) is 3.83. The number of ether oxygens (including phenoxy) is 2. The summed E-state index contributed by atoms with van der Waals surface area (Å²) in [6.45, 7) is 1.87. The van der Waals surface area contributed by atoms with Crippen molar-refractivity contribution in [2.45, 2.75) is 18.7 Å². The fraction of sp³-hybridized carbons (Fsp3) is 0.200. The zero-order valence-electron chi connectivity index (χ0n) is 18.3. The van der Waals surface area contributed by atoms with Crippen molar-refractivity contribution in [1.29, 1.82) is 0 Å². The second kappa shape index (κ2) is 8.65. The summed E-state index contributed by atoms with van der Waals surface area (Å²) in [6.07, 6.45) is 0. The topological polar surface area (TPSA) is 62.8 Å². The van der Waals surface area contributed by atoms with Crippen molar-refractivity contribution >= 4 is 57.8 Å². The number of rotatable bonds is 4. The molecule has 3 atom stereocenters. The number of amides is 1. The van der Waals surface area contributed by atoms with E-state index in [2.05, 4.69) is 10.6 Å². The molecule has 0 aromatic heterocycles. The summed E-state index contributed by atoms with van der Waals surface area (Å²) in [5, 5.41) is 7.94. The molecule has 3 aromatic rings. The number of carbonyl (C=O) groups is 1. The Morgan fingerprint density at radius 1 is 1.12 bits per heavy atom. The third-order valence-corrected chi connectivity index (χ3v) is 6.95. The molecule has 1 fully saturated rings. The largest absolute Gasteiger partial charge is 0.497 e. The number of nitrogens with one attached hydrogen (secondary N) is 2. The smallest absolute Gasteiger partial charge is 0.236 e. The van der Waals surface area contributed by atoms with Crippen LogP contribution in [0.15, 0.2) is 66.7 Å². The summed E-state index contributed by atoms with van der Waals surface area (Å²) in [7, 11) is 1.60. The number of nitrogens with zero attached hydrogens (tertiary/aromatic N) is 1. The van der Waals surface area contributed by atoms with Crippen LogP contribution < -0.4 is 25.0 Å². The Kier molecular flexibility index (Phi) is 5.80. The fourth-order valence-electron chi connectivity index (χ4n) is 4.65. The van der Waals surface area contributed by atoms with E-state index in [1.807, 2.05) is 42.2 Å². The van der Waals surface area contributed by atoms with Gasteiger partial charge in [0, 0.05) is 27.0 Å². The Balaban J connectivity index is 1.63. The van der Waals surface area contributed by atoms with Gasteiger partial charge in [-0.3, -0.25) is 9.69 Å². The molecule has 174 valence electrons. The molecule has 1 amide bonds. The highest BCUT2D eigenvalue weighted by atomic mass is 35.5. The van der Waals surface area contributed by atoms with Crippen LogP contribution in [0.4, 0.5) is 11.4 Å². The maximum absolute atomic E-state index is 13.8. The Labute approximate surface area is 212 Å². The van der Waals surface area contributed by atoms with Gasteiger partial charge in [0.05, 0.1) is 13.2 Å². The van der Waals surface area contributed by atoms with E-state index in [9.17, 15) is 4.79 Å². The summed E-state index contributed by atoms with van der Waals surface area (Å²) in [6, 6.07) is 19.3. The van der Waals surface area contributed by atoms with E-state index in [0.717, 1.165) is 5.56 Å². The van der Waals surface area contributed by atoms with Crippen molar-refractivity contribution in [3.8, 4) is 11.5 Å². The predicted molar refractivity (Wildman–Crippen MR) is 138 cm³/mol. The van der Waals surface area contributed by atoms with Gasteiger partial charge in [0.25, 0.3) is 0 Å². The molecule has 2 heterocycles. The molecule has 6 nitrogen and oxygen atoms in total. The predicted octanol–water partition coefficient (Wildman–Crippen LogP) is 5.80. The van der Waals surface area contributed by atoms with Gasteiger partial charge >= 0.3 is 0 Å². The molecule has 1 saturated heterocycles. The third-order valence-electron chi connectivity index (χ3n) is 6.17. The molecule has 5 rings (SSSR count). The van der Waals surface area contributed by atoms with Gasteiger partial charge in [0.1, 0.15) is 17.4 Å². The standard InChI is InChI=1S/C25H21Cl2N3O3S/c1-25-21(23(31)28-16-8-6-14(26)7-9-16)22(19-13-18(32-2)10-11-20(19)33-25)29-24(34)30(25)17-5-3-4-15(27)12-17/h3-13,21-22H,1-2H3,(H,28,31)(H,29,34)/t21-,22-,25+/m1/s1. The minimum atomic E-state index is -1.14. The maximum atomic E-state index is 13.8. The first-order valence-corrected chi connectivity index (χ1v) is 11.8. The Morgan fingerprint density at radius 2 is 1.88 bits per heavy atom. The van der Waals surface area contributed by atoms with Crippen LogP contribution in [0.2, 0.25) is 10.0 Å². The van der Waals surface area contributed by atoms with Gasteiger partial charge in [-0.2, -0.15) is 0 Å². The van der Waals surface area contributed by atoms with E-state index in [0.29, 0.717) is 38.0 Å². The van der Waals surface area contributed by atoms with Crippen molar-refractivity contribution in [3.05, 3.63) is 82.3 Å². The molecule has 0 saturated carbocycles. The molecule has 2 N–H and O–H groups in total. The lowest BCUT2D eigenvalue weighted by Gasteiger charge is -2.56. The molecular weight excluding hydrogens is 493 g/mol. The molecule has 2 aliphatic heterocycles. The number of anilines is 2. The zero-order chi connectivity index (χ0) is 24.0. The normalized spacial score (nSPS) is 22.8. The Morgan fingerprint density at radius 3 is 2.59 bits per heavy atom. The van der Waals surface area contributed by atoms with E-state index < -0.39 is 17.7 Å². The van der Waals surface area contributed by atoms with Crippen LogP contribution in [0.25, 0.3) is 0 Å². The van der Waals surface area contributed by atoms with Gasteiger partial charge in [0.15, 0.2) is 10.8 Å². The number of thiocarbonyl (C=S) groups is 1.